The maximum atomic E-state index is 15.3. The van der Waals surface area contributed by atoms with Gasteiger partial charge in [0.25, 0.3) is 0 Å². The van der Waals surface area contributed by atoms with Gasteiger partial charge in [0.2, 0.25) is 5.95 Å². The topological polar surface area (TPSA) is 109 Å². The van der Waals surface area contributed by atoms with Crippen molar-refractivity contribution in [2.45, 2.75) is 55.8 Å². The number of H-pyrrole nitrogens is 1. The number of fused-ring (bicyclic) bond motifs is 1. The molecule has 1 amide bonds. The van der Waals surface area contributed by atoms with Crippen molar-refractivity contribution in [3.05, 3.63) is 59.3 Å². The van der Waals surface area contributed by atoms with E-state index in [1.807, 2.05) is 0 Å². The van der Waals surface area contributed by atoms with Crippen LogP contribution in [0.15, 0.2) is 42.7 Å². The van der Waals surface area contributed by atoms with Gasteiger partial charge in [-0.1, -0.05) is 11.6 Å². The molecule has 4 saturated carbocycles. The number of carbonyl (C=O) groups is 1. The summed E-state index contributed by atoms with van der Waals surface area (Å²) in [6.07, 6.45) is 4.68. The standard InChI is InChI=1S/C26H24ClF2N7O2/c27-16-7-14(1-3-17(16)28)18-9-22-30-5-6-36(22)24(31-18)32-21-8-19(34-35-21)15-2-4-20(23(15)29)38-25(37)33-26-10-13(11-26)12-26/h1,3,5-9,13,15,20,23H,2,4,10-12H2,(H,33,37)(H2,31,32,34,35)/t13?,15-,20-,23+,26?/m1/s1. The number of imidazole rings is 1. The molecule has 9 nitrogen and oxygen atoms in total. The summed E-state index contributed by atoms with van der Waals surface area (Å²) in [5.74, 6) is 0.602. The predicted molar refractivity (Wildman–Crippen MR) is 136 cm³/mol. The number of halogens is 3. The molecule has 0 unspecified atom stereocenters. The zero-order chi connectivity index (χ0) is 26.0. The number of aromatic nitrogens is 5. The van der Waals surface area contributed by atoms with Crippen LogP contribution in [0.2, 0.25) is 5.02 Å². The van der Waals surface area contributed by atoms with Gasteiger partial charge in [0, 0.05) is 47.2 Å². The summed E-state index contributed by atoms with van der Waals surface area (Å²) < 4.78 is 36.2. The number of rotatable bonds is 6. The Labute approximate surface area is 221 Å². The van der Waals surface area contributed by atoms with Gasteiger partial charge < -0.3 is 15.4 Å². The number of alkyl carbamates (subject to hydrolysis) is 1. The highest BCUT2D eigenvalue weighted by Crippen LogP contribution is 2.57. The molecular formula is C26H24ClF2N7O2. The summed E-state index contributed by atoms with van der Waals surface area (Å²) in [6, 6.07) is 7.88. The number of nitrogens with zero attached hydrogens (tertiary/aromatic N) is 4. The van der Waals surface area contributed by atoms with E-state index in [9.17, 15) is 9.18 Å². The number of carbonyl (C=O) groups excluding carboxylic acids is 1. The van der Waals surface area contributed by atoms with Gasteiger partial charge >= 0.3 is 6.09 Å². The average Bonchev–Trinajstić information content (AvgIpc) is 3.58. The molecule has 1 aromatic carbocycles. The first-order valence-electron chi connectivity index (χ1n) is 12.6. The Hall–Kier alpha value is -3.73. The molecule has 2 bridgehead atoms. The first-order valence-corrected chi connectivity index (χ1v) is 13.0. The maximum absolute atomic E-state index is 15.3. The number of amides is 1. The lowest BCUT2D eigenvalue weighted by molar-refractivity contribution is -0.0532. The van der Waals surface area contributed by atoms with Crippen LogP contribution in [0.3, 0.4) is 0 Å². The third-order valence-electron chi connectivity index (χ3n) is 8.01. The van der Waals surface area contributed by atoms with Crippen LogP contribution in [-0.4, -0.2) is 48.5 Å². The Bertz CT molecular complexity index is 1540. The van der Waals surface area contributed by atoms with Crippen molar-refractivity contribution in [2.24, 2.45) is 5.92 Å². The molecule has 0 saturated heterocycles. The van der Waals surface area contributed by atoms with Crippen LogP contribution in [0.5, 0.6) is 0 Å². The lowest BCUT2D eigenvalue weighted by atomic mass is 9.50. The lowest BCUT2D eigenvalue weighted by Gasteiger charge is -2.61. The zero-order valence-corrected chi connectivity index (χ0v) is 20.9. The molecule has 3 atom stereocenters. The van der Waals surface area contributed by atoms with E-state index in [0.717, 1.165) is 25.2 Å². The summed E-state index contributed by atoms with van der Waals surface area (Å²) in [4.78, 5) is 21.3. The van der Waals surface area contributed by atoms with E-state index in [1.54, 1.807) is 35.0 Å². The Kier molecular flexibility index (Phi) is 5.33. The van der Waals surface area contributed by atoms with Gasteiger partial charge in [0.05, 0.1) is 10.7 Å². The average molecular weight is 540 g/mol. The van der Waals surface area contributed by atoms with Crippen LogP contribution < -0.4 is 10.6 Å². The van der Waals surface area contributed by atoms with E-state index in [4.69, 9.17) is 16.3 Å². The number of ether oxygens (including phenoxy) is 1. The highest BCUT2D eigenvalue weighted by Gasteiger charge is 2.58. The number of hydrogen-bond donors (Lipinski definition) is 3. The van der Waals surface area contributed by atoms with E-state index in [1.165, 1.54) is 12.1 Å². The van der Waals surface area contributed by atoms with Crippen molar-refractivity contribution >= 4 is 35.1 Å². The van der Waals surface area contributed by atoms with Crippen molar-refractivity contribution in [2.75, 3.05) is 5.32 Å². The minimum Gasteiger partial charge on any atom is -0.443 e. The van der Waals surface area contributed by atoms with Crippen LogP contribution >= 0.6 is 11.6 Å². The van der Waals surface area contributed by atoms with E-state index < -0.39 is 30.1 Å². The largest absolute Gasteiger partial charge is 0.443 e. The normalized spacial score (nSPS) is 27.6. The summed E-state index contributed by atoms with van der Waals surface area (Å²) >= 11 is 5.97. The van der Waals surface area contributed by atoms with Crippen molar-refractivity contribution in [3.8, 4) is 11.3 Å². The molecular weight excluding hydrogens is 516 g/mol. The number of hydrogen-bond acceptors (Lipinski definition) is 6. The Morgan fingerprint density at radius 2 is 2.05 bits per heavy atom. The molecule has 4 fully saturated rings. The third-order valence-corrected chi connectivity index (χ3v) is 8.30. The number of anilines is 2. The number of alkyl halides is 1. The monoisotopic (exact) mass is 539 g/mol. The maximum Gasteiger partial charge on any atom is 0.407 e. The van der Waals surface area contributed by atoms with Gasteiger partial charge in [-0.3, -0.25) is 9.50 Å². The van der Waals surface area contributed by atoms with Crippen molar-refractivity contribution < 1.29 is 18.3 Å². The molecule has 0 radical (unpaired) electrons. The zero-order valence-electron chi connectivity index (χ0n) is 20.1. The van der Waals surface area contributed by atoms with E-state index in [-0.39, 0.29) is 10.6 Å². The van der Waals surface area contributed by atoms with Gasteiger partial charge in [-0.15, -0.1) is 0 Å². The van der Waals surface area contributed by atoms with Gasteiger partial charge in [-0.2, -0.15) is 5.10 Å². The van der Waals surface area contributed by atoms with Crippen molar-refractivity contribution in [1.82, 2.24) is 29.9 Å². The van der Waals surface area contributed by atoms with Crippen LogP contribution in [-0.2, 0) is 4.74 Å². The first kappa shape index (κ1) is 23.4. The highest BCUT2D eigenvalue weighted by molar-refractivity contribution is 6.31. The summed E-state index contributed by atoms with van der Waals surface area (Å²) in [5.41, 5.74) is 2.29. The van der Waals surface area contributed by atoms with Gasteiger partial charge in [0.15, 0.2) is 5.82 Å². The van der Waals surface area contributed by atoms with E-state index in [0.29, 0.717) is 47.2 Å². The fraction of sp³-hybridized carbons (Fsp3) is 0.385. The van der Waals surface area contributed by atoms with Crippen LogP contribution in [0, 0.1) is 11.7 Å². The molecule has 4 aliphatic rings. The fourth-order valence-electron chi connectivity index (χ4n) is 5.91. The number of aromatic amines is 1. The quantitative estimate of drug-likeness (QED) is 0.298. The molecule has 0 aliphatic heterocycles. The molecule has 4 aromatic rings. The number of nitrogens with one attached hydrogen (secondary N) is 3. The predicted octanol–water partition coefficient (Wildman–Crippen LogP) is 5.52. The molecule has 4 aliphatic carbocycles. The smallest absolute Gasteiger partial charge is 0.407 e. The fourth-order valence-corrected chi connectivity index (χ4v) is 6.09. The molecule has 3 heterocycles. The van der Waals surface area contributed by atoms with Crippen LogP contribution in [0.1, 0.15) is 43.7 Å². The summed E-state index contributed by atoms with van der Waals surface area (Å²) in [7, 11) is 0. The molecule has 3 N–H and O–H groups in total. The highest BCUT2D eigenvalue weighted by atomic mass is 35.5. The Morgan fingerprint density at radius 3 is 2.82 bits per heavy atom. The molecule has 0 spiro atoms. The SMILES string of the molecule is O=C(NC12CC(C1)C2)O[C@@H]1CC[C@H](c2cc(Nc3nc(-c4ccc(F)c(Cl)c4)cc4nccn34)n[nH]2)[C@@H]1F. The Balaban J connectivity index is 1.07. The minimum atomic E-state index is -1.34. The minimum absolute atomic E-state index is 0.00419. The molecule has 38 heavy (non-hydrogen) atoms. The molecule has 12 heteroatoms. The first-order chi connectivity index (χ1) is 18.4. The lowest BCUT2D eigenvalue weighted by Crippen LogP contribution is -2.68. The third kappa shape index (κ3) is 3.96. The van der Waals surface area contributed by atoms with Crippen LogP contribution in [0.25, 0.3) is 16.9 Å². The van der Waals surface area contributed by atoms with E-state index in [2.05, 4.69) is 30.8 Å². The molecule has 8 rings (SSSR count). The van der Waals surface area contributed by atoms with Crippen molar-refractivity contribution in [1.29, 1.82) is 0 Å². The van der Waals surface area contributed by atoms with E-state index >= 15 is 4.39 Å². The summed E-state index contributed by atoms with van der Waals surface area (Å²) in [5, 5.41) is 13.3. The number of benzene rings is 1. The molecule has 3 aromatic heterocycles. The second-order valence-corrected chi connectivity index (χ2v) is 10.9. The van der Waals surface area contributed by atoms with Gasteiger partial charge in [0.1, 0.15) is 23.7 Å². The molecule has 196 valence electrons. The van der Waals surface area contributed by atoms with Gasteiger partial charge in [-0.25, -0.2) is 23.5 Å². The second-order valence-electron chi connectivity index (χ2n) is 10.5. The Morgan fingerprint density at radius 1 is 1.21 bits per heavy atom. The van der Waals surface area contributed by atoms with Crippen LogP contribution in [0.4, 0.5) is 25.3 Å². The summed E-state index contributed by atoms with van der Waals surface area (Å²) in [6.45, 7) is 0. The van der Waals surface area contributed by atoms with Crippen molar-refractivity contribution in [3.63, 3.8) is 0 Å². The second kappa shape index (κ2) is 8.65. The van der Waals surface area contributed by atoms with Gasteiger partial charge in [-0.05, 0) is 56.2 Å².